The Morgan fingerprint density at radius 3 is 2.89 bits per heavy atom. The number of fused-ring (bicyclic) bond motifs is 2. The number of aryl methyl sites for hydroxylation is 1. The smallest absolute Gasteiger partial charge is 0.167 e. The zero-order valence-electron chi connectivity index (χ0n) is 10.8. The number of hydrogen-bond acceptors (Lipinski definition) is 2. The molecule has 0 N–H and O–H groups in total. The summed E-state index contributed by atoms with van der Waals surface area (Å²) in [7, 11) is 0. The highest BCUT2D eigenvalue weighted by Gasteiger charge is 2.18. The van der Waals surface area contributed by atoms with Crippen molar-refractivity contribution in [2.24, 2.45) is 0 Å². The number of pyridine rings is 1. The summed E-state index contributed by atoms with van der Waals surface area (Å²) >= 11 is 6.47. The zero-order chi connectivity index (χ0) is 13.4. The van der Waals surface area contributed by atoms with Crippen molar-refractivity contribution in [2.75, 3.05) is 6.61 Å². The van der Waals surface area contributed by atoms with Crippen molar-refractivity contribution in [2.45, 2.75) is 32.6 Å². The number of aromatic nitrogens is 1. The number of nitrogens with zero attached hydrogens (tertiary/aromatic N) is 1. The van der Waals surface area contributed by atoms with Gasteiger partial charge < -0.3 is 4.74 Å². The molecule has 1 aliphatic carbocycles. The maximum Gasteiger partial charge on any atom is 0.167 e. The van der Waals surface area contributed by atoms with Crippen LogP contribution in [-0.2, 0) is 12.8 Å². The molecule has 2 aromatic rings. The van der Waals surface area contributed by atoms with E-state index in [1.165, 1.54) is 6.07 Å². The fourth-order valence-corrected chi connectivity index (χ4v) is 2.99. The molecule has 1 aromatic heterocycles. The van der Waals surface area contributed by atoms with Gasteiger partial charge in [0, 0.05) is 17.1 Å². The van der Waals surface area contributed by atoms with Gasteiger partial charge in [-0.3, -0.25) is 4.98 Å². The van der Waals surface area contributed by atoms with E-state index >= 15 is 0 Å². The standard InChI is InChI=1S/C15H15ClFNO/c1-2-19-14-7-10-13(8-11(14)17)18-12-6-4-3-5-9(12)15(10)16/h7-8H,2-6H2,1H3. The van der Waals surface area contributed by atoms with E-state index < -0.39 is 0 Å². The van der Waals surface area contributed by atoms with Crippen LogP contribution in [0, 0.1) is 5.82 Å². The lowest BCUT2D eigenvalue weighted by molar-refractivity contribution is 0.322. The molecule has 0 saturated carbocycles. The van der Waals surface area contributed by atoms with Crippen molar-refractivity contribution < 1.29 is 9.13 Å². The van der Waals surface area contributed by atoms with Gasteiger partial charge in [-0.2, -0.15) is 0 Å². The number of benzene rings is 1. The van der Waals surface area contributed by atoms with Crippen LogP contribution in [0.3, 0.4) is 0 Å². The molecule has 0 aliphatic heterocycles. The largest absolute Gasteiger partial charge is 0.491 e. The second-order valence-electron chi connectivity index (χ2n) is 4.79. The molecule has 0 saturated heterocycles. The molecular weight excluding hydrogens is 265 g/mol. The van der Waals surface area contributed by atoms with Crippen molar-refractivity contribution in [3.63, 3.8) is 0 Å². The van der Waals surface area contributed by atoms with Crippen LogP contribution in [0.4, 0.5) is 4.39 Å². The molecule has 0 unspecified atom stereocenters. The first-order valence-corrected chi connectivity index (χ1v) is 7.01. The Balaban J connectivity index is 2.24. The Kier molecular flexibility index (Phi) is 3.31. The molecule has 0 bridgehead atoms. The summed E-state index contributed by atoms with van der Waals surface area (Å²) in [4.78, 5) is 4.56. The highest BCUT2D eigenvalue weighted by Crippen LogP contribution is 2.35. The van der Waals surface area contributed by atoms with Crippen LogP contribution in [0.15, 0.2) is 12.1 Å². The van der Waals surface area contributed by atoms with Crippen LogP contribution in [-0.4, -0.2) is 11.6 Å². The number of rotatable bonds is 2. The Labute approximate surface area is 116 Å². The van der Waals surface area contributed by atoms with Crippen LogP contribution in [0.5, 0.6) is 5.75 Å². The molecule has 100 valence electrons. The lowest BCUT2D eigenvalue weighted by atomic mass is 9.94. The Morgan fingerprint density at radius 2 is 2.11 bits per heavy atom. The van der Waals surface area contributed by atoms with Crippen LogP contribution < -0.4 is 4.74 Å². The van der Waals surface area contributed by atoms with Gasteiger partial charge in [0.25, 0.3) is 0 Å². The van der Waals surface area contributed by atoms with Crippen molar-refractivity contribution in [1.82, 2.24) is 4.98 Å². The van der Waals surface area contributed by atoms with E-state index in [0.717, 1.165) is 42.3 Å². The molecule has 3 rings (SSSR count). The summed E-state index contributed by atoms with van der Waals surface area (Å²) in [6.45, 7) is 2.26. The summed E-state index contributed by atoms with van der Waals surface area (Å²) in [6, 6.07) is 3.08. The van der Waals surface area contributed by atoms with Gasteiger partial charge in [-0.25, -0.2) is 4.39 Å². The van der Waals surface area contributed by atoms with Crippen molar-refractivity contribution in [3.8, 4) is 5.75 Å². The highest BCUT2D eigenvalue weighted by molar-refractivity contribution is 6.36. The van der Waals surface area contributed by atoms with E-state index in [1.807, 2.05) is 6.92 Å². The topological polar surface area (TPSA) is 22.1 Å². The van der Waals surface area contributed by atoms with E-state index in [9.17, 15) is 4.39 Å². The van der Waals surface area contributed by atoms with Gasteiger partial charge in [0.15, 0.2) is 11.6 Å². The van der Waals surface area contributed by atoms with Crippen LogP contribution in [0.2, 0.25) is 5.02 Å². The van der Waals surface area contributed by atoms with E-state index in [-0.39, 0.29) is 11.6 Å². The fourth-order valence-electron chi connectivity index (χ4n) is 2.63. The van der Waals surface area contributed by atoms with Gasteiger partial charge in [-0.05, 0) is 44.2 Å². The molecule has 0 spiro atoms. The molecule has 4 heteroatoms. The van der Waals surface area contributed by atoms with Gasteiger partial charge in [0.05, 0.1) is 17.1 Å². The lowest BCUT2D eigenvalue weighted by Gasteiger charge is -2.18. The lowest BCUT2D eigenvalue weighted by Crippen LogP contribution is -2.07. The van der Waals surface area contributed by atoms with E-state index in [0.29, 0.717) is 17.1 Å². The average Bonchev–Trinajstić information content (AvgIpc) is 2.41. The second-order valence-corrected chi connectivity index (χ2v) is 5.17. The highest BCUT2D eigenvalue weighted by atomic mass is 35.5. The minimum absolute atomic E-state index is 0.245. The minimum Gasteiger partial charge on any atom is -0.491 e. The van der Waals surface area contributed by atoms with Gasteiger partial charge in [0.2, 0.25) is 0 Å². The summed E-state index contributed by atoms with van der Waals surface area (Å²) in [6.07, 6.45) is 4.15. The molecule has 1 aliphatic rings. The van der Waals surface area contributed by atoms with Gasteiger partial charge in [0.1, 0.15) is 0 Å². The van der Waals surface area contributed by atoms with Crippen molar-refractivity contribution in [3.05, 3.63) is 34.2 Å². The molecular formula is C15H15ClFNO. The number of ether oxygens (including phenoxy) is 1. The Hall–Kier alpha value is -1.35. The second kappa shape index (κ2) is 4.97. The van der Waals surface area contributed by atoms with Crippen LogP contribution in [0.1, 0.15) is 31.0 Å². The zero-order valence-corrected chi connectivity index (χ0v) is 11.6. The average molecular weight is 280 g/mol. The number of halogens is 2. The number of hydrogen-bond donors (Lipinski definition) is 0. The fraction of sp³-hybridized carbons (Fsp3) is 0.400. The maximum atomic E-state index is 13.9. The molecule has 1 heterocycles. The summed E-state index contributed by atoms with van der Waals surface area (Å²) < 4.78 is 19.1. The van der Waals surface area contributed by atoms with E-state index in [2.05, 4.69) is 4.98 Å². The third kappa shape index (κ3) is 2.16. The third-order valence-electron chi connectivity index (χ3n) is 3.55. The predicted molar refractivity (Wildman–Crippen MR) is 74.5 cm³/mol. The first kappa shape index (κ1) is 12.7. The third-order valence-corrected chi connectivity index (χ3v) is 3.98. The molecule has 19 heavy (non-hydrogen) atoms. The van der Waals surface area contributed by atoms with Crippen molar-refractivity contribution >= 4 is 22.5 Å². The van der Waals surface area contributed by atoms with E-state index in [1.54, 1.807) is 6.07 Å². The normalized spacial score (nSPS) is 14.5. The summed E-state index contributed by atoms with van der Waals surface area (Å²) in [5, 5.41) is 1.49. The molecule has 0 radical (unpaired) electrons. The monoisotopic (exact) mass is 279 g/mol. The Morgan fingerprint density at radius 1 is 1.32 bits per heavy atom. The molecule has 1 aromatic carbocycles. The van der Waals surface area contributed by atoms with Gasteiger partial charge in [-0.15, -0.1) is 0 Å². The first-order valence-electron chi connectivity index (χ1n) is 6.64. The van der Waals surface area contributed by atoms with Gasteiger partial charge in [-0.1, -0.05) is 11.6 Å². The quantitative estimate of drug-likeness (QED) is 0.817. The molecule has 0 amide bonds. The molecule has 2 nitrogen and oxygen atoms in total. The van der Waals surface area contributed by atoms with Crippen molar-refractivity contribution in [1.29, 1.82) is 0 Å². The first-order chi connectivity index (χ1) is 9.20. The maximum absolute atomic E-state index is 13.9. The van der Waals surface area contributed by atoms with Crippen LogP contribution in [0.25, 0.3) is 10.9 Å². The Bertz CT molecular complexity index is 642. The van der Waals surface area contributed by atoms with E-state index in [4.69, 9.17) is 16.3 Å². The predicted octanol–water partition coefficient (Wildman–Crippen LogP) is 4.30. The minimum atomic E-state index is -0.381. The van der Waals surface area contributed by atoms with Gasteiger partial charge >= 0.3 is 0 Å². The molecule has 0 atom stereocenters. The summed E-state index contributed by atoms with van der Waals surface area (Å²) in [5.41, 5.74) is 2.76. The van der Waals surface area contributed by atoms with Crippen LogP contribution >= 0.6 is 11.6 Å². The SMILES string of the molecule is CCOc1cc2c(Cl)c3c(nc2cc1F)CCCC3. The summed E-state index contributed by atoms with van der Waals surface area (Å²) in [5.74, 6) is -0.136. The molecule has 0 fully saturated rings.